The first kappa shape index (κ1) is 24.7. The van der Waals surface area contributed by atoms with E-state index in [1.807, 2.05) is 50.3 Å². The normalized spacial score (nSPS) is 18.3. The van der Waals surface area contributed by atoms with Crippen LogP contribution in [-0.4, -0.2) is 34.1 Å². The molecule has 0 radical (unpaired) electrons. The van der Waals surface area contributed by atoms with Gasteiger partial charge in [-0.15, -0.1) is 0 Å². The van der Waals surface area contributed by atoms with Gasteiger partial charge in [0.25, 0.3) is 11.8 Å². The van der Waals surface area contributed by atoms with Crippen molar-refractivity contribution in [2.24, 2.45) is 0 Å². The largest absolute Gasteiger partial charge is 0.351 e. The summed E-state index contributed by atoms with van der Waals surface area (Å²) in [5.41, 5.74) is 5.15. The summed E-state index contributed by atoms with van der Waals surface area (Å²) >= 11 is 6.32. The van der Waals surface area contributed by atoms with E-state index in [9.17, 15) is 9.59 Å². The van der Waals surface area contributed by atoms with E-state index in [2.05, 4.69) is 46.9 Å². The summed E-state index contributed by atoms with van der Waals surface area (Å²) in [6, 6.07) is 7.65. The number of thiocarbonyl (C=S) groups is 1. The molecule has 0 saturated carbocycles. The van der Waals surface area contributed by atoms with Crippen LogP contribution in [0.5, 0.6) is 0 Å². The van der Waals surface area contributed by atoms with E-state index < -0.39 is 0 Å². The number of carbonyl (C=O) groups is 2. The summed E-state index contributed by atoms with van der Waals surface area (Å²) in [6.07, 6.45) is 14.0. The molecule has 4 rings (SSSR count). The number of amides is 2. The van der Waals surface area contributed by atoms with Crippen molar-refractivity contribution in [1.29, 1.82) is 0 Å². The highest BCUT2D eigenvalue weighted by Crippen LogP contribution is 2.32. The van der Waals surface area contributed by atoms with Crippen LogP contribution in [0.2, 0.25) is 0 Å². The Hall–Kier alpha value is -2.90. The zero-order valence-corrected chi connectivity index (χ0v) is 20.8. The van der Waals surface area contributed by atoms with Crippen molar-refractivity contribution in [3.05, 3.63) is 88.1 Å². The van der Waals surface area contributed by atoms with Crippen molar-refractivity contribution < 1.29 is 9.59 Å². The molecule has 1 aromatic carbocycles. The average molecular weight is 480 g/mol. The number of hydrogen-bond donors (Lipinski definition) is 2. The number of nitrogens with zero attached hydrogens (tertiary/aromatic N) is 1. The Kier molecular flexibility index (Phi) is 8.86. The Labute approximate surface area is 205 Å². The van der Waals surface area contributed by atoms with Gasteiger partial charge in [-0.1, -0.05) is 74.3 Å². The summed E-state index contributed by atoms with van der Waals surface area (Å²) in [6.45, 7) is 7.41. The number of thioether (sulfide) groups is 1. The van der Waals surface area contributed by atoms with Crippen LogP contribution in [0.25, 0.3) is 5.57 Å². The second-order valence-corrected chi connectivity index (χ2v) is 9.17. The molecule has 0 atom stereocenters. The Morgan fingerprint density at radius 1 is 1.24 bits per heavy atom. The van der Waals surface area contributed by atoms with Crippen molar-refractivity contribution in [3.8, 4) is 0 Å². The van der Waals surface area contributed by atoms with Crippen molar-refractivity contribution in [1.82, 2.24) is 15.5 Å². The first-order valence-electron chi connectivity index (χ1n) is 11.1. The SMILES string of the molecule is CC.CC1=CCC=CN1CCNC(=O)c1ccc(C2=CC=C(/C=C3\SC(=S)NC3=O)C2)cc1. The fraction of sp³-hybridized carbons (Fsp3) is 0.269. The average Bonchev–Trinajstić information content (AvgIpc) is 3.42. The van der Waals surface area contributed by atoms with Crippen molar-refractivity contribution >= 4 is 45.7 Å². The monoisotopic (exact) mass is 479 g/mol. The molecule has 1 fully saturated rings. The quantitative estimate of drug-likeness (QED) is 0.428. The zero-order valence-electron chi connectivity index (χ0n) is 19.2. The molecule has 0 spiro atoms. The van der Waals surface area contributed by atoms with Crippen LogP contribution in [0, 0.1) is 0 Å². The minimum atomic E-state index is -0.137. The smallest absolute Gasteiger partial charge is 0.263 e. The molecular formula is C26H29N3O2S2. The van der Waals surface area contributed by atoms with Crippen LogP contribution in [0.3, 0.4) is 0 Å². The van der Waals surface area contributed by atoms with Gasteiger partial charge in [-0.2, -0.15) is 0 Å². The minimum Gasteiger partial charge on any atom is -0.351 e. The highest BCUT2D eigenvalue weighted by atomic mass is 32.2. The predicted molar refractivity (Wildman–Crippen MR) is 141 cm³/mol. The lowest BCUT2D eigenvalue weighted by Gasteiger charge is -2.23. The number of benzene rings is 1. The summed E-state index contributed by atoms with van der Waals surface area (Å²) < 4.78 is 0.496. The third-order valence-corrected chi connectivity index (χ3v) is 6.46. The number of rotatable bonds is 6. The van der Waals surface area contributed by atoms with Crippen LogP contribution < -0.4 is 10.6 Å². The van der Waals surface area contributed by atoms with E-state index in [-0.39, 0.29) is 11.8 Å². The van der Waals surface area contributed by atoms with Crippen molar-refractivity contribution in [3.63, 3.8) is 0 Å². The van der Waals surface area contributed by atoms with Crippen LogP contribution in [0.15, 0.2) is 77.0 Å². The van der Waals surface area contributed by atoms with E-state index in [4.69, 9.17) is 12.2 Å². The van der Waals surface area contributed by atoms with Crippen LogP contribution in [0.4, 0.5) is 0 Å². The molecule has 33 heavy (non-hydrogen) atoms. The molecule has 7 heteroatoms. The van der Waals surface area contributed by atoms with Gasteiger partial charge in [-0.25, -0.2) is 0 Å². The summed E-state index contributed by atoms with van der Waals surface area (Å²) in [5, 5.41) is 5.62. The fourth-order valence-corrected chi connectivity index (χ4v) is 4.63. The number of carbonyl (C=O) groups excluding carboxylic acids is 2. The van der Waals surface area contributed by atoms with Gasteiger partial charge >= 0.3 is 0 Å². The number of hydrogen-bond acceptors (Lipinski definition) is 5. The second kappa shape index (κ2) is 11.8. The lowest BCUT2D eigenvalue weighted by Crippen LogP contribution is -2.32. The Bertz CT molecular complexity index is 1080. The van der Waals surface area contributed by atoms with Gasteiger partial charge in [-0.3, -0.25) is 9.59 Å². The molecule has 1 saturated heterocycles. The van der Waals surface area contributed by atoms with Gasteiger partial charge in [0.2, 0.25) is 0 Å². The Balaban J connectivity index is 0.00000149. The van der Waals surface area contributed by atoms with Crippen LogP contribution >= 0.6 is 24.0 Å². The number of nitrogens with one attached hydrogen (secondary N) is 2. The molecule has 172 valence electrons. The molecule has 2 N–H and O–H groups in total. The van der Waals surface area contributed by atoms with E-state index in [0.717, 1.165) is 36.1 Å². The molecule has 5 nitrogen and oxygen atoms in total. The van der Waals surface area contributed by atoms with Gasteiger partial charge < -0.3 is 15.5 Å². The van der Waals surface area contributed by atoms with Crippen LogP contribution in [-0.2, 0) is 4.79 Å². The standard InChI is InChI=1S/C24H23N3O2S2.C2H6/c1-16-4-2-3-12-27(16)13-11-25-22(28)19-9-7-18(8-10-19)20-6-5-17(14-20)15-21-23(29)26-24(30)31-21;1-2/h3-10,12,15H,2,11,13-14H2,1H3,(H,25,28)(H,26,29,30);1-2H3/b21-15-;. The lowest BCUT2D eigenvalue weighted by molar-refractivity contribution is -0.115. The molecule has 0 aromatic heterocycles. The van der Waals surface area contributed by atoms with Crippen molar-refractivity contribution in [2.75, 3.05) is 13.1 Å². The Morgan fingerprint density at radius 2 is 2.00 bits per heavy atom. The summed E-state index contributed by atoms with van der Waals surface area (Å²) in [4.78, 5) is 27.1. The van der Waals surface area contributed by atoms with Gasteiger partial charge in [0, 0.05) is 30.5 Å². The molecule has 2 amide bonds. The molecular weight excluding hydrogens is 450 g/mol. The Morgan fingerprint density at radius 3 is 2.67 bits per heavy atom. The molecule has 2 aliphatic heterocycles. The maximum Gasteiger partial charge on any atom is 0.263 e. The van der Waals surface area contributed by atoms with E-state index in [1.54, 1.807) is 0 Å². The second-order valence-electron chi connectivity index (χ2n) is 7.46. The zero-order chi connectivity index (χ0) is 23.8. The van der Waals surface area contributed by atoms with Gasteiger partial charge in [-0.05, 0) is 54.7 Å². The molecule has 0 unspecified atom stereocenters. The molecule has 3 aliphatic rings. The van der Waals surface area contributed by atoms with Gasteiger partial charge in [0.1, 0.15) is 4.32 Å². The highest BCUT2D eigenvalue weighted by molar-refractivity contribution is 8.26. The summed E-state index contributed by atoms with van der Waals surface area (Å²) in [5.74, 6) is -0.208. The van der Waals surface area contributed by atoms with Gasteiger partial charge in [0.05, 0.1) is 4.91 Å². The van der Waals surface area contributed by atoms with Gasteiger partial charge in [0.15, 0.2) is 0 Å². The third kappa shape index (κ3) is 6.55. The van der Waals surface area contributed by atoms with E-state index >= 15 is 0 Å². The lowest BCUT2D eigenvalue weighted by atomic mass is 10.0. The molecule has 2 heterocycles. The third-order valence-electron chi connectivity index (χ3n) is 5.30. The first-order valence-corrected chi connectivity index (χ1v) is 12.4. The van der Waals surface area contributed by atoms with Crippen molar-refractivity contribution in [2.45, 2.75) is 33.6 Å². The van der Waals surface area contributed by atoms with E-state index in [1.165, 1.54) is 17.5 Å². The van der Waals surface area contributed by atoms with Crippen LogP contribution in [0.1, 0.15) is 49.5 Å². The maximum absolute atomic E-state index is 12.5. The first-order chi connectivity index (χ1) is 16.0. The number of allylic oxidation sites excluding steroid dienone is 8. The van der Waals surface area contributed by atoms with E-state index in [0.29, 0.717) is 21.3 Å². The molecule has 1 aromatic rings. The minimum absolute atomic E-state index is 0.0710. The highest BCUT2D eigenvalue weighted by Gasteiger charge is 2.23. The predicted octanol–water partition coefficient (Wildman–Crippen LogP) is 5.31. The maximum atomic E-state index is 12.5. The summed E-state index contributed by atoms with van der Waals surface area (Å²) in [7, 11) is 0. The topological polar surface area (TPSA) is 61.4 Å². The fourth-order valence-electron chi connectivity index (χ4n) is 3.57. The molecule has 1 aliphatic carbocycles. The molecule has 0 bridgehead atoms.